The molecular weight excluding hydrogens is 278 g/mol. The van der Waals surface area contributed by atoms with Gasteiger partial charge in [-0.2, -0.15) is 4.98 Å². The number of aromatic nitrogens is 2. The summed E-state index contributed by atoms with van der Waals surface area (Å²) in [7, 11) is 0. The van der Waals surface area contributed by atoms with Crippen LogP contribution in [-0.2, 0) is 0 Å². The lowest BCUT2D eigenvalue weighted by molar-refractivity contribution is -0.386. The Bertz CT molecular complexity index is 632. The molecule has 2 aromatic rings. The van der Waals surface area contributed by atoms with Crippen molar-refractivity contribution in [3.8, 4) is 17.4 Å². The number of nitrogens with one attached hydrogen (secondary N) is 1. The van der Waals surface area contributed by atoms with Gasteiger partial charge in [0.2, 0.25) is 5.95 Å². The zero-order chi connectivity index (χ0) is 15.2. The summed E-state index contributed by atoms with van der Waals surface area (Å²) >= 11 is 0. The zero-order valence-electron chi connectivity index (χ0n) is 11.1. The highest BCUT2D eigenvalue weighted by molar-refractivity contribution is 5.45. The maximum absolute atomic E-state index is 10.9. The lowest BCUT2D eigenvalue weighted by Crippen LogP contribution is -2.11. The van der Waals surface area contributed by atoms with Gasteiger partial charge >= 0.3 is 11.6 Å². The van der Waals surface area contributed by atoms with Gasteiger partial charge in [0.25, 0.3) is 0 Å². The normalized spacial score (nSPS) is 10.0. The number of nitrogen functional groups attached to an aromatic ring is 1. The number of benzene rings is 1. The third-order valence-electron chi connectivity index (χ3n) is 2.41. The van der Waals surface area contributed by atoms with Crippen LogP contribution in [0.1, 0.15) is 6.92 Å². The molecule has 0 spiro atoms. The lowest BCUT2D eigenvalue weighted by Gasteiger charge is -2.07. The third kappa shape index (κ3) is 3.54. The van der Waals surface area contributed by atoms with Gasteiger partial charge in [-0.15, -0.1) is 0 Å². The number of hydrazine groups is 1. The molecule has 21 heavy (non-hydrogen) atoms. The van der Waals surface area contributed by atoms with Gasteiger partial charge in [0.15, 0.2) is 0 Å². The fourth-order valence-electron chi connectivity index (χ4n) is 1.51. The largest absolute Gasteiger partial charge is 0.494 e. The third-order valence-corrected chi connectivity index (χ3v) is 2.41. The SMILES string of the molecule is CCOc1ccc(Oc2nc(NN)ncc2[N+](=O)[O-])cc1. The van der Waals surface area contributed by atoms with Gasteiger partial charge in [0.05, 0.1) is 11.5 Å². The minimum Gasteiger partial charge on any atom is -0.494 e. The van der Waals surface area contributed by atoms with Gasteiger partial charge in [-0.05, 0) is 31.2 Å². The number of rotatable bonds is 6. The molecule has 0 unspecified atom stereocenters. The molecule has 0 fully saturated rings. The van der Waals surface area contributed by atoms with Crippen LogP contribution in [-0.4, -0.2) is 21.5 Å². The summed E-state index contributed by atoms with van der Waals surface area (Å²) in [4.78, 5) is 17.8. The van der Waals surface area contributed by atoms with Gasteiger partial charge < -0.3 is 9.47 Å². The molecule has 1 heterocycles. The van der Waals surface area contributed by atoms with Crippen molar-refractivity contribution in [3.05, 3.63) is 40.6 Å². The Labute approximate surface area is 119 Å². The van der Waals surface area contributed by atoms with Crippen LogP contribution in [0, 0.1) is 10.1 Å². The van der Waals surface area contributed by atoms with E-state index < -0.39 is 4.92 Å². The molecule has 0 aliphatic rings. The molecule has 0 bridgehead atoms. The summed E-state index contributed by atoms with van der Waals surface area (Å²) in [5, 5.41) is 10.9. The van der Waals surface area contributed by atoms with E-state index >= 15 is 0 Å². The van der Waals surface area contributed by atoms with Gasteiger partial charge in [-0.3, -0.25) is 15.5 Å². The molecule has 0 amide bonds. The van der Waals surface area contributed by atoms with Crippen LogP contribution in [0.5, 0.6) is 17.4 Å². The van der Waals surface area contributed by atoms with E-state index in [1.54, 1.807) is 24.3 Å². The summed E-state index contributed by atoms with van der Waals surface area (Å²) in [5.74, 6) is 6.04. The van der Waals surface area contributed by atoms with Crippen molar-refractivity contribution in [1.29, 1.82) is 0 Å². The highest BCUT2D eigenvalue weighted by atomic mass is 16.6. The first kappa shape index (κ1) is 14.5. The number of ether oxygens (including phenoxy) is 2. The Morgan fingerprint density at radius 3 is 2.57 bits per heavy atom. The number of nitrogens with zero attached hydrogens (tertiary/aromatic N) is 3. The smallest absolute Gasteiger partial charge is 0.349 e. The lowest BCUT2D eigenvalue weighted by atomic mass is 10.3. The number of nitrogens with two attached hydrogens (primary N) is 1. The van der Waals surface area contributed by atoms with E-state index in [9.17, 15) is 10.1 Å². The van der Waals surface area contributed by atoms with Crippen LogP contribution < -0.4 is 20.7 Å². The van der Waals surface area contributed by atoms with Crippen molar-refractivity contribution in [2.24, 2.45) is 5.84 Å². The second-order valence-electron chi connectivity index (χ2n) is 3.79. The fraction of sp³-hybridized carbons (Fsp3) is 0.167. The van der Waals surface area contributed by atoms with Crippen molar-refractivity contribution in [1.82, 2.24) is 9.97 Å². The van der Waals surface area contributed by atoms with Crippen molar-refractivity contribution in [2.75, 3.05) is 12.0 Å². The van der Waals surface area contributed by atoms with Gasteiger partial charge in [0, 0.05) is 0 Å². The summed E-state index contributed by atoms with van der Waals surface area (Å²) in [6, 6.07) is 6.61. The van der Waals surface area contributed by atoms with Crippen LogP contribution >= 0.6 is 0 Å². The first-order valence-electron chi connectivity index (χ1n) is 6.02. The van der Waals surface area contributed by atoms with Crippen LogP contribution in [0.4, 0.5) is 11.6 Å². The van der Waals surface area contributed by atoms with Crippen LogP contribution in [0.15, 0.2) is 30.5 Å². The summed E-state index contributed by atoms with van der Waals surface area (Å²) in [5.41, 5.74) is 1.84. The predicted molar refractivity (Wildman–Crippen MR) is 74.2 cm³/mol. The van der Waals surface area contributed by atoms with Crippen molar-refractivity contribution < 1.29 is 14.4 Å². The minimum absolute atomic E-state index is 0.0153. The molecular formula is C12H13N5O4. The maximum atomic E-state index is 10.9. The molecule has 9 nitrogen and oxygen atoms in total. The summed E-state index contributed by atoms with van der Waals surface area (Å²) < 4.78 is 10.7. The van der Waals surface area contributed by atoms with E-state index in [0.29, 0.717) is 18.1 Å². The number of hydrogen-bond donors (Lipinski definition) is 2. The fourth-order valence-corrected chi connectivity index (χ4v) is 1.51. The van der Waals surface area contributed by atoms with E-state index in [1.807, 2.05) is 6.92 Å². The molecule has 0 saturated heterocycles. The van der Waals surface area contributed by atoms with Crippen LogP contribution in [0.2, 0.25) is 0 Å². The average molecular weight is 291 g/mol. The molecule has 110 valence electrons. The van der Waals surface area contributed by atoms with Gasteiger partial charge in [-0.1, -0.05) is 0 Å². The average Bonchev–Trinajstić information content (AvgIpc) is 2.49. The van der Waals surface area contributed by atoms with E-state index in [2.05, 4.69) is 15.4 Å². The van der Waals surface area contributed by atoms with Crippen molar-refractivity contribution >= 4 is 11.6 Å². The molecule has 3 N–H and O–H groups in total. The molecule has 0 saturated carbocycles. The standard InChI is InChI=1S/C12H13N5O4/c1-2-20-8-3-5-9(6-4-8)21-11-10(17(18)19)7-14-12(15-11)16-13/h3-7H,2,13H2,1H3,(H,14,15,16). The van der Waals surface area contributed by atoms with Crippen LogP contribution in [0.25, 0.3) is 0 Å². The first-order valence-corrected chi connectivity index (χ1v) is 6.02. The first-order chi connectivity index (χ1) is 10.1. The second-order valence-corrected chi connectivity index (χ2v) is 3.79. The Hall–Kier alpha value is -2.94. The number of anilines is 1. The molecule has 0 aliphatic carbocycles. The van der Waals surface area contributed by atoms with E-state index in [-0.39, 0.29) is 17.5 Å². The highest BCUT2D eigenvalue weighted by Crippen LogP contribution is 2.30. The molecule has 9 heteroatoms. The minimum atomic E-state index is -0.635. The zero-order valence-corrected chi connectivity index (χ0v) is 11.1. The Kier molecular flexibility index (Phi) is 4.46. The quantitative estimate of drug-likeness (QED) is 0.469. The highest BCUT2D eigenvalue weighted by Gasteiger charge is 2.19. The monoisotopic (exact) mass is 291 g/mol. The predicted octanol–water partition coefficient (Wildman–Crippen LogP) is 1.86. The Balaban J connectivity index is 2.26. The van der Waals surface area contributed by atoms with Crippen molar-refractivity contribution in [2.45, 2.75) is 6.92 Å². The Morgan fingerprint density at radius 2 is 2.00 bits per heavy atom. The molecule has 1 aromatic heterocycles. The van der Waals surface area contributed by atoms with E-state index in [0.717, 1.165) is 6.20 Å². The maximum Gasteiger partial charge on any atom is 0.349 e. The van der Waals surface area contributed by atoms with Crippen LogP contribution in [0.3, 0.4) is 0 Å². The van der Waals surface area contributed by atoms with E-state index in [4.69, 9.17) is 15.3 Å². The van der Waals surface area contributed by atoms with Gasteiger partial charge in [0.1, 0.15) is 17.7 Å². The summed E-state index contributed by atoms with van der Waals surface area (Å²) in [6.07, 6.45) is 1.02. The molecule has 2 rings (SSSR count). The molecule has 1 aromatic carbocycles. The summed E-state index contributed by atoms with van der Waals surface area (Å²) in [6.45, 7) is 2.42. The second kappa shape index (κ2) is 6.48. The molecule has 0 radical (unpaired) electrons. The Morgan fingerprint density at radius 1 is 1.33 bits per heavy atom. The van der Waals surface area contributed by atoms with Gasteiger partial charge in [-0.25, -0.2) is 10.8 Å². The topological polar surface area (TPSA) is 125 Å². The van der Waals surface area contributed by atoms with Crippen molar-refractivity contribution in [3.63, 3.8) is 0 Å². The number of hydrogen-bond acceptors (Lipinski definition) is 8. The molecule has 0 atom stereocenters. The van der Waals surface area contributed by atoms with E-state index in [1.165, 1.54) is 0 Å². The number of nitro groups is 1. The molecule has 0 aliphatic heterocycles.